The number of rotatable bonds is 3. The zero-order chi connectivity index (χ0) is 14.8. The van der Waals surface area contributed by atoms with Crippen molar-refractivity contribution in [3.63, 3.8) is 0 Å². The molecular weight excluding hydrogens is 270 g/mol. The lowest BCUT2D eigenvalue weighted by molar-refractivity contribution is -0.148. The van der Waals surface area contributed by atoms with E-state index in [2.05, 4.69) is 20.0 Å². The summed E-state index contributed by atoms with van der Waals surface area (Å²) in [5.41, 5.74) is 0.804. The van der Waals surface area contributed by atoms with Gasteiger partial charge >= 0.3 is 5.97 Å². The predicted molar refractivity (Wildman–Crippen MR) is 77.9 cm³/mol. The topological polar surface area (TPSA) is 73.1 Å². The predicted octanol–water partition coefficient (Wildman–Crippen LogP) is 1.14. The number of aromatic nitrogens is 4. The van der Waals surface area contributed by atoms with E-state index in [1.54, 1.807) is 17.2 Å². The van der Waals surface area contributed by atoms with Crippen molar-refractivity contribution in [1.29, 1.82) is 0 Å². The average Bonchev–Trinajstić information content (AvgIpc) is 2.89. The zero-order valence-corrected chi connectivity index (χ0v) is 12.3. The van der Waals surface area contributed by atoms with Gasteiger partial charge in [0.15, 0.2) is 5.65 Å². The van der Waals surface area contributed by atoms with Gasteiger partial charge in [0.2, 0.25) is 0 Å². The van der Waals surface area contributed by atoms with E-state index in [1.165, 1.54) is 0 Å². The quantitative estimate of drug-likeness (QED) is 0.789. The summed E-state index contributed by atoms with van der Waals surface area (Å²) in [4.78, 5) is 22.7. The summed E-state index contributed by atoms with van der Waals surface area (Å²) in [6.45, 7) is 3.79. The Bertz CT molecular complexity index is 654. The number of anilines is 1. The van der Waals surface area contributed by atoms with Gasteiger partial charge in [-0.25, -0.2) is 9.97 Å². The lowest BCUT2D eigenvalue weighted by Gasteiger charge is -2.32. The van der Waals surface area contributed by atoms with Crippen molar-refractivity contribution in [2.24, 2.45) is 13.0 Å². The van der Waals surface area contributed by atoms with Gasteiger partial charge < -0.3 is 9.64 Å². The van der Waals surface area contributed by atoms with Gasteiger partial charge in [0, 0.05) is 20.1 Å². The first kappa shape index (κ1) is 13.8. The van der Waals surface area contributed by atoms with Crippen LogP contribution < -0.4 is 4.90 Å². The van der Waals surface area contributed by atoms with Gasteiger partial charge in [-0.2, -0.15) is 5.10 Å². The minimum atomic E-state index is -0.112. The molecule has 1 atom stereocenters. The summed E-state index contributed by atoms with van der Waals surface area (Å²) in [7, 11) is 1.86. The summed E-state index contributed by atoms with van der Waals surface area (Å²) in [6, 6.07) is 0. The number of ether oxygens (including phenoxy) is 1. The highest BCUT2D eigenvalue weighted by Gasteiger charge is 2.28. The minimum absolute atomic E-state index is 0.0830. The van der Waals surface area contributed by atoms with Crippen molar-refractivity contribution in [2.45, 2.75) is 19.8 Å². The molecule has 0 amide bonds. The highest BCUT2D eigenvalue weighted by atomic mass is 16.5. The van der Waals surface area contributed by atoms with E-state index in [1.807, 2.05) is 14.0 Å². The van der Waals surface area contributed by atoms with Crippen LogP contribution in [0.1, 0.15) is 19.8 Å². The first-order chi connectivity index (χ1) is 10.2. The molecule has 3 heterocycles. The molecule has 1 aliphatic heterocycles. The fraction of sp³-hybridized carbons (Fsp3) is 0.571. The number of esters is 1. The summed E-state index contributed by atoms with van der Waals surface area (Å²) in [5.74, 6) is 0.654. The number of aryl methyl sites for hydroxylation is 1. The van der Waals surface area contributed by atoms with Crippen LogP contribution in [0.4, 0.5) is 5.82 Å². The molecule has 0 saturated carbocycles. The van der Waals surface area contributed by atoms with Gasteiger partial charge in [0.1, 0.15) is 12.1 Å². The SMILES string of the molecule is CCOC(=O)[C@@H]1CCCN(c2ncnc3c2cnn3C)C1. The largest absolute Gasteiger partial charge is 0.466 e. The van der Waals surface area contributed by atoms with Crippen LogP contribution in [0.3, 0.4) is 0 Å². The molecule has 2 aromatic heterocycles. The maximum Gasteiger partial charge on any atom is 0.310 e. The van der Waals surface area contributed by atoms with E-state index in [-0.39, 0.29) is 11.9 Å². The van der Waals surface area contributed by atoms with E-state index in [9.17, 15) is 4.79 Å². The summed E-state index contributed by atoms with van der Waals surface area (Å²) in [6.07, 6.45) is 5.15. The third kappa shape index (κ3) is 2.55. The number of nitrogens with zero attached hydrogens (tertiary/aromatic N) is 5. The lowest BCUT2D eigenvalue weighted by Crippen LogP contribution is -2.40. The van der Waals surface area contributed by atoms with Crippen LogP contribution in [-0.2, 0) is 16.6 Å². The Kier molecular flexibility index (Phi) is 3.72. The van der Waals surface area contributed by atoms with Crippen LogP contribution >= 0.6 is 0 Å². The fourth-order valence-corrected chi connectivity index (χ4v) is 2.82. The maximum absolute atomic E-state index is 11.9. The van der Waals surface area contributed by atoms with E-state index in [0.717, 1.165) is 36.2 Å². The molecule has 0 unspecified atom stereocenters. The molecule has 2 aromatic rings. The minimum Gasteiger partial charge on any atom is -0.466 e. The molecule has 7 nitrogen and oxygen atoms in total. The lowest BCUT2D eigenvalue weighted by atomic mass is 9.98. The van der Waals surface area contributed by atoms with Crippen molar-refractivity contribution >= 4 is 22.8 Å². The molecule has 1 saturated heterocycles. The molecule has 3 rings (SSSR count). The standard InChI is InChI=1S/C14H19N5O2/c1-3-21-14(20)10-5-4-6-19(8-10)13-11-7-17-18(2)12(11)15-9-16-13/h7,9-10H,3-6,8H2,1-2H3/t10-/m1/s1. The Morgan fingerprint density at radius 2 is 2.33 bits per heavy atom. The van der Waals surface area contributed by atoms with Gasteiger partial charge in [-0.15, -0.1) is 0 Å². The van der Waals surface area contributed by atoms with Crippen molar-refractivity contribution in [1.82, 2.24) is 19.7 Å². The number of fused-ring (bicyclic) bond motifs is 1. The third-order valence-electron chi connectivity index (χ3n) is 3.85. The summed E-state index contributed by atoms with van der Waals surface area (Å²) < 4.78 is 6.87. The van der Waals surface area contributed by atoms with E-state index in [4.69, 9.17) is 4.74 Å². The first-order valence-electron chi connectivity index (χ1n) is 7.25. The molecule has 21 heavy (non-hydrogen) atoms. The van der Waals surface area contributed by atoms with Crippen molar-refractivity contribution in [2.75, 3.05) is 24.6 Å². The Morgan fingerprint density at radius 1 is 1.48 bits per heavy atom. The normalized spacial score (nSPS) is 19.0. The van der Waals surface area contributed by atoms with Crippen molar-refractivity contribution < 1.29 is 9.53 Å². The third-order valence-corrected chi connectivity index (χ3v) is 3.85. The van der Waals surface area contributed by atoms with Crippen LogP contribution in [0.25, 0.3) is 11.0 Å². The van der Waals surface area contributed by atoms with Crippen molar-refractivity contribution in [3.05, 3.63) is 12.5 Å². The highest BCUT2D eigenvalue weighted by molar-refractivity contribution is 5.87. The Balaban J connectivity index is 1.86. The average molecular weight is 289 g/mol. The van der Waals surface area contributed by atoms with Gasteiger partial charge in [0.05, 0.1) is 24.1 Å². The maximum atomic E-state index is 11.9. The second-order valence-electron chi connectivity index (χ2n) is 5.24. The van der Waals surface area contributed by atoms with Gasteiger partial charge in [-0.1, -0.05) is 0 Å². The molecule has 0 N–H and O–H groups in total. The number of carbonyl (C=O) groups excluding carboxylic acids is 1. The Morgan fingerprint density at radius 3 is 3.14 bits per heavy atom. The second-order valence-corrected chi connectivity index (χ2v) is 5.24. The molecule has 1 fully saturated rings. The van der Waals surface area contributed by atoms with Gasteiger partial charge in [-0.3, -0.25) is 9.48 Å². The number of carbonyl (C=O) groups is 1. The molecule has 1 aliphatic rings. The second kappa shape index (κ2) is 5.67. The molecule has 7 heteroatoms. The molecular formula is C14H19N5O2. The van der Waals surface area contributed by atoms with Gasteiger partial charge in [0.25, 0.3) is 0 Å². The Labute approximate surface area is 122 Å². The number of hydrogen-bond donors (Lipinski definition) is 0. The first-order valence-corrected chi connectivity index (χ1v) is 7.25. The summed E-state index contributed by atoms with van der Waals surface area (Å²) >= 11 is 0. The van der Waals surface area contributed by atoms with E-state index in [0.29, 0.717) is 13.2 Å². The van der Waals surface area contributed by atoms with Crippen LogP contribution in [0.2, 0.25) is 0 Å². The van der Waals surface area contributed by atoms with Crippen LogP contribution in [0, 0.1) is 5.92 Å². The van der Waals surface area contributed by atoms with Crippen LogP contribution in [-0.4, -0.2) is 45.4 Å². The monoisotopic (exact) mass is 289 g/mol. The van der Waals surface area contributed by atoms with E-state index >= 15 is 0 Å². The van der Waals surface area contributed by atoms with Gasteiger partial charge in [-0.05, 0) is 19.8 Å². The number of piperidine rings is 1. The fourth-order valence-electron chi connectivity index (χ4n) is 2.82. The molecule has 0 spiro atoms. The smallest absolute Gasteiger partial charge is 0.310 e. The Hall–Kier alpha value is -2.18. The number of hydrogen-bond acceptors (Lipinski definition) is 6. The molecule has 0 aliphatic carbocycles. The molecule has 0 bridgehead atoms. The highest BCUT2D eigenvalue weighted by Crippen LogP contribution is 2.27. The van der Waals surface area contributed by atoms with Crippen molar-refractivity contribution in [3.8, 4) is 0 Å². The van der Waals surface area contributed by atoms with E-state index < -0.39 is 0 Å². The molecule has 0 radical (unpaired) electrons. The summed E-state index contributed by atoms with van der Waals surface area (Å²) in [5, 5.41) is 5.15. The van der Waals surface area contributed by atoms with Crippen LogP contribution in [0.15, 0.2) is 12.5 Å². The zero-order valence-electron chi connectivity index (χ0n) is 12.3. The van der Waals surface area contributed by atoms with Crippen LogP contribution in [0.5, 0.6) is 0 Å². The molecule has 112 valence electrons. The molecule has 0 aromatic carbocycles.